The van der Waals surface area contributed by atoms with Crippen LogP contribution in [0.4, 0.5) is 0 Å². The van der Waals surface area contributed by atoms with E-state index in [1.165, 1.54) is 24.8 Å². The van der Waals surface area contributed by atoms with E-state index in [4.69, 9.17) is 0 Å². The first kappa shape index (κ1) is 18.7. The van der Waals surface area contributed by atoms with Crippen molar-refractivity contribution in [2.24, 2.45) is 5.41 Å². The molecule has 1 aliphatic carbocycles. The van der Waals surface area contributed by atoms with E-state index in [-0.39, 0.29) is 23.4 Å². The molecule has 5 nitrogen and oxygen atoms in total. The van der Waals surface area contributed by atoms with Gasteiger partial charge in [-0.25, -0.2) is 9.97 Å². The van der Waals surface area contributed by atoms with Crippen LogP contribution in [0.1, 0.15) is 55.2 Å². The van der Waals surface area contributed by atoms with Gasteiger partial charge < -0.3 is 4.90 Å². The number of likely N-dealkylation sites (tertiary alicyclic amines) is 2. The molecule has 3 heterocycles. The number of piperidine rings is 1. The summed E-state index contributed by atoms with van der Waals surface area (Å²) in [5, 5.41) is 0. The zero-order chi connectivity index (χ0) is 20.0. The number of fused-ring (bicyclic) bond motifs is 1. The molecule has 2 saturated heterocycles. The van der Waals surface area contributed by atoms with Gasteiger partial charge in [0.05, 0.1) is 0 Å². The van der Waals surface area contributed by atoms with Gasteiger partial charge in [0.25, 0.3) is 5.91 Å². The maximum absolute atomic E-state index is 13.6. The molecule has 0 N–H and O–H groups in total. The van der Waals surface area contributed by atoms with Gasteiger partial charge in [-0.2, -0.15) is 0 Å². The van der Waals surface area contributed by atoms with E-state index >= 15 is 0 Å². The molecule has 152 valence electrons. The summed E-state index contributed by atoms with van der Waals surface area (Å²) in [5.74, 6) is 0.351. The van der Waals surface area contributed by atoms with Crippen LogP contribution in [0.5, 0.6) is 0 Å². The third kappa shape index (κ3) is 2.98. The Kier molecular flexibility index (Phi) is 4.66. The molecular weight excluding hydrogens is 360 g/mol. The Morgan fingerprint density at radius 2 is 1.76 bits per heavy atom. The van der Waals surface area contributed by atoms with Gasteiger partial charge in [0.1, 0.15) is 0 Å². The number of aromatic nitrogens is 2. The molecule has 3 aliphatic rings. The van der Waals surface area contributed by atoms with E-state index in [1.54, 1.807) is 18.5 Å². The highest BCUT2D eigenvalue weighted by atomic mass is 16.2. The van der Waals surface area contributed by atoms with Gasteiger partial charge in [0.2, 0.25) is 5.82 Å². The minimum Gasteiger partial charge on any atom is -0.328 e. The lowest BCUT2D eigenvalue weighted by Gasteiger charge is -2.49. The molecule has 2 aliphatic heterocycles. The Hall–Kier alpha value is -2.27. The molecule has 1 aromatic carbocycles. The summed E-state index contributed by atoms with van der Waals surface area (Å²) in [4.78, 5) is 27.0. The quantitative estimate of drug-likeness (QED) is 0.804. The Morgan fingerprint density at radius 3 is 2.48 bits per heavy atom. The highest BCUT2D eigenvalue weighted by Crippen LogP contribution is 2.55. The predicted molar refractivity (Wildman–Crippen MR) is 112 cm³/mol. The number of nitrogens with zero attached hydrogens (tertiary/aromatic N) is 4. The lowest BCUT2D eigenvalue weighted by molar-refractivity contribution is 0.0155. The van der Waals surface area contributed by atoms with E-state index in [0.717, 1.165) is 19.3 Å². The number of hydrogen-bond donors (Lipinski definition) is 0. The topological polar surface area (TPSA) is 49.3 Å². The Morgan fingerprint density at radius 1 is 1.07 bits per heavy atom. The van der Waals surface area contributed by atoms with Gasteiger partial charge >= 0.3 is 0 Å². The van der Waals surface area contributed by atoms with Crippen LogP contribution in [-0.4, -0.2) is 56.9 Å². The maximum atomic E-state index is 13.6. The normalized spacial score (nSPS) is 34.1. The van der Waals surface area contributed by atoms with Crippen LogP contribution < -0.4 is 0 Å². The van der Waals surface area contributed by atoms with Crippen molar-refractivity contribution >= 4 is 5.91 Å². The molecular formula is C24H30N4O. The molecule has 1 amide bonds. The van der Waals surface area contributed by atoms with Crippen molar-refractivity contribution in [1.29, 1.82) is 0 Å². The molecule has 2 aromatic rings. The van der Waals surface area contributed by atoms with Crippen molar-refractivity contribution < 1.29 is 4.79 Å². The predicted octanol–water partition coefficient (Wildman–Crippen LogP) is 3.57. The van der Waals surface area contributed by atoms with Crippen molar-refractivity contribution in [2.75, 3.05) is 7.05 Å². The molecule has 1 saturated carbocycles. The first-order chi connectivity index (χ1) is 14.1. The fraction of sp³-hybridized carbons (Fsp3) is 0.542. The molecule has 5 atom stereocenters. The fourth-order valence-electron chi connectivity index (χ4n) is 6.51. The molecule has 5 heteroatoms. The van der Waals surface area contributed by atoms with Gasteiger partial charge in [-0.1, -0.05) is 50.1 Å². The van der Waals surface area contributed by atoms with Crippen molar-refractivity contribution in [3.8, 4) is 0 Å². The summed E-state index contributed by atoms with van der Waals surface area (Å²) < 4.78 is 0. The Bertz CT molecular complexity index is 873. The minimum absolute atomic E-state index is 0.0123. The maximum Gasteiger partial charge on any atom is 0.292 e. The first-order valence-corrected chi connectivity index (χ1v) is 10.9. The monoisotopic (exact) mass is 390 g/mol. The third-order valence-corrected chi connectivity index (χ3v) is 7.81. The van der Waals surface area contributed by atoms with Crippen LogP contribution in [0.15, 0.2) is 48.8 Å². The van der Waals surface area contributed by atoms with Gasteiger partial charge in [0, 0.05) is 42.0 Å². The van der Waals surface area contributed by atoms with Gasteiger partial charge in [-0.3, -0.25) is 9.69 Å². The van der Waals surface area contributed by atoms with Gasteiger partial charge in [0.15, 0.2) is 0 Å². The lowest BCUT2D eigenvalue weighted by atomic mass is 9.69. The van der Waals surface area contributed by atoms with Crippen LogP contribution in [0, 0.1) is 5.41 Å². The van der Waals surface area contributed by atoms with Crippen LogP contribution in [0.25, 0.3) is 0 Å². The number of benzene rings is 1. The summed E-state index contributed by atoms with van der Waals surface area (Å²) in [7, 11) is 2.29. The van der Waals surface area contributed by atoms with Crippen LogP contribution >= 0.6 is 0 Å². The fourth-order valence-corrected chi connectivity index (χ4v) is 6.51. The smallest absolute Gasteiger partial charge is 0.292 e. The zero-order valence-electron chi connectivity index (χ0n) is 17.4. The summed E-state index contributed by atoms with van der Waals surface area (Å²) >= 11 is 0. The van der Waals surface area contributed by atoms with Gasteiger partial charge in [-0.05, 0) is 44.4 Å². The second-order valence-electron chi connectivity index (χ2n) is 9.30. The molecule has 0 spiro atoms. The standard InChI is InChI=1S/C24H30N4O/c1-24-16-19-18(15-17-9-4-3-5-10-17)27(2)20(24)11-6-7-12-21(24)28(19)23(29)22-25-13-8-14-26-22/h3-5,8-10,13-14,18-21H,6-7,11-12,15-16H2,1-2H3/t18-,19+,20-,21+,24-/m1/s1. The number of carbonyl (C=O) groups is 1. The summed E-state index contributed by atoms with van der Waals surface area (Å²) in [6, 6.07) is 13.8. The van der Waals surface area contributed by atoms with E-state index in [9.17, 15) is 4.79 Å². The number of likely N-dealkylation sites (N-methyl/N-ethyl adjacent to an activating group) is 1. The average Bonchev–Trinajstić information content (AvgIpc) is 2.89. The molecule has 3 fully saturated rings. The molecule has 0 unspecified atom stereocenters. The summed E-state index contributed by atoms with van der Waals surface area (Å²) in [6.45, 7) is 2.43. The largest absolute Gasteiger partial charge is 0.328 e. The molecule has 2 bridgehead atoms. The van der Waals surface area contributed by atoms with E-state index < -0.39 is 0 Å². The van der Waals surface area contributed by atoms with Crippen molar-refractivity contribution in [1.82, 2.24) is 19.8 Å². The van der Waals surface area contributed by atoms with Gasteiger partial charge in [-0.15, -0.1) is 0 Å². The number of hydrogen-bond acceptors (Lipinski definition) is 4. The highest BCUT2D eigenvalue weighted by molar-refractivity contribution is 5.91. The minimum atomic E-state index is 0.0123. The summed E-state index contributed by atoms with van der Waals surface area (Å²) in [5.41, 5.74) is 1.49. The Balaban J connectivity index is 1.56. The van der Waals surface area contributed by atoms with Crippen LogP contribution in [0.3, 0.4) is 0 Å². The number of carbonyl (C=O) groups excluding carboxylic acids is 1. The lowest BCUT2D eigenvalue weighted by Crippen LogP contribution is -2.58. The molecule has 1 aromatic heterocycles. The molecule has 0 radical (unpaired) electrons. The molecule has 29 heavy (non-hydrogen) atoms. The number of amides is 1. The third-order valence-electron chi connectivity index (χ3n) is 7.81. The SMILES string of the molecule is CN1[C@H](Cc2ccccc2)[C@@H]2C[C@@]3(C)[C@H](CCCC[C@@H]13)N2C(=O)c1ncccn1. The van der Waals surface area contributed by atoms with Crippen molar-refractivity contribution in [2.45, 2.75) is 69.6 Å². The van der Waals surface area contributed by atoms with Crippen LogP contribution in [0.2, 0.25) is 0 Å². The van der Waals surface area contributed by atoms with E-state index in [2.05, 4.69) is 64.1 Å². The highest BCUT2D eigenvalue weighted by Gasteiger charge is 2.62. The first-order valence-electron chi connectivity index (χ1n) is 10.9. The second-order valence-corrected chi connectivity index (χ2v) is 9.30. The zero-order valence-corrected chi connectivity index (χ0v) is 17.4. The summed E-state index contributed by atoms with van der Waals surface area (Å²) in [6.07, 6.45) is 10.2. The van der Waals surface area contributed by atoms with E-state index in [1.807, 2.05) is 0 Å². The van der Waals surface area contributed by atoms with E-state index in [0.29, 0.717) is 17.9 Å². The van der Waals surface area contributed by atoms with Crippen molar-refractivity contribution in [3.05, 3.63) is 60.2 Å². The number of rotatable bonds is 3. The average molecular weight is 391 g/mol. The second kappa shape index (κ2) is 7.21. The van der Waals surface area contributed by atoms with Crippen molar-refractivity contribution in [3.63, 3.8) is 0 Å². The van der Waals surface area contributed by atoms with Crippen LogP contribution in [-0.2, 0) is 6.42 Å². The molecule has 5 rings (SSSR count). The Labute approximate surface area is 173 Å².